The predicted molar refractivity (Wildman–Crippen MR) is 80.9 cm³/mol. The first kappa shape index (κ1) is 20.2. The molecule has 0 amide bonds. The summed E-state index contributed by atoms with van der Waals surface area (Å²) in [5.41, 5.74) is 0. The molecule has 0 heterocycles. The highest BCUT2D eigenvalue weighted by Crippen LogP contribution is 2.02. The van der Waals surface area contributed by atoms with E-state index in [1.807, 2.05) is 0 Å². The summed E-state index contributed by atoms with van der Waals surface area (Å²) in [7, 11) is -0.775. The van der Waals surface area contributed by atoms with Gasteiger partial charge in [0.15, 0.2) is 0 Å². The quantitative estimate of drug-likeness (QED) is 0.341. The lowest BCUT2D eigenvalue weighted by Gasteiger charge is -2.04. The molecule has 0 fully saturated rings. The van der Waals surface area contributed by atoms with Crippen molar-refractivity contribution in [3.63, 3.8) is 0 Å². The number of carboxylic acid groups (broad SMARTS) is 1. The molecule has 0 aliphatic rings. The Kier molecular flexibility index (Phi) is 15.0. The van der Waals surface area contributed by atoms with Gasteiger partial charge in [-0.2, -0.15) is 0 Å². The molecule has 1 atom stereocenters. The van der Waals surface area contributed by atoms with Crippen LogP contribution in [0.4, 0.5) is 0 Å². The van der Waals surface area contributed by atoms with Crippen molar-refractivity contribution >= 4 is 23.1 Å². The van der Waals surface area contributed by atoms with Gasteiger partial charge in [-0.1, -0.05) is 12.8 Å². The third-order valence-electron chi connectivity index (χ3n) is 2.73. The smallest absolute Gasteiger partial charge is 0.329 e. The van der Waals surface area contributed by atoms with Gasteiger partial charge in [-0.3, -0.25) is 4.21 Å². The maximum Gasteiger partial charge on any atom is 0.329 e. The number of carbonyl (C=O) groups excluding carboxylic acids is 1. The summed E-state index contributed by atoms with van der Waals surface area (Å²) in [6.07, 6.45) is 6.11. The summed E-state index contributed by atoms with van der Waals surface area (Å²) in [4.78, 5) is 20.2. The second-order valence-electron chi connectivity index (χ2n) is 4.66. The van der Waals surface area contributed by atoms with Gasteiger partial charge in [-0.05, 0) is 25.7 Å². The fraction of sp³-hybridized carbons (Fsp3) is 0.857. The molecule has 6 nitrogen and oxygen atoms in total. The van der Waals surface area contributed by atoms with Crippen LogP contribution in [0.5, 0.6) is 0 Å². The molecule has 0 aliphatic carbocycles. The van der Waals surface area contributed by atoms with Crippen molar-refractivity contribution in [2.75, 3.05) is 37.9 Å². The minimum Gasteiger partial charge on any atom is -0.480 e. The number of rotatable bonds is 16. The third-order valence-corrected chi connectivity index (χ3v) is 4.22. The SMILES string of the molecule is O=CCOCCCCCS(=O)CCCCCOCC(=O)O. The number of aldehydes is 1. The number of carboxylic acids is 1. The van der Waals surface area contributed by atoms with Gasteiger partial charge in [0, 0.05) is 35.5 Å². The first-order valence-electron chi connectivity index (χ1n) is 7.32. The Morgan fingerprint density at radius 1 is 0.952 bits per heavy atom. The minimum absolute atomic E-state index is 0.155. The first-order valence-corrected chi connectivity index (χ1v) is 8.81. The Morgan fingerprint density at radius 2 is 1.52 bits per heavy atom. The van der Waals surface area contributed by atoms with Crippen LogP contribution < -0.4 is 0 Å². The molecular weight excluding hydrogens is 296 g/mol. The third kappa shape index (κ3) is 17.2. The van der Waals surface area contributed by atoms with Crippen molar-refractivity contribution < 1.29 is 28.4 Å². The lowest BCUT2D eigenvalue weighted by atomic mass is 10.3. The molecule has 0 saturated heterocycles. The highest BCUT2D eigenvalue weighted by molar-refractivity contribution is 7.84. The van der Waals surface area contributed by atoms with Gasteiger partial charge in [-0.25, -0.2) is 4.79 Å². The minimum atomic E-state index is -0.951. The maximum atomic E-state index is 11.7. The molecular formula is C14H26O6S. The van der Waals surface area contributed by atoms with Gasteiger partial charge in [0.05, 0.1) is 0 Å². The van der Waals surface area contributed by atoms with Crippen molar-refractivity contribution in [3.8, 4) is 0 Å². The second kappa shape index (κ2) is 15.6. The number of unbranched alkanes of at least 4 members (excludes halogenated alkanes) is 4. The average Bonchev–Trinajstić information content (AvgIpc) is 2.45. The lowest BCUT2D eigenvalue weighted by Crippen LogP contribution is -2.08. The van der Waals surface area contributed by atoms with E-state index in [1.165, 1.54) is 0 Å². The Morgan fingerprint density at radius 3 is 2.05 bits per heavy atom. The summed E-state index contributed by atoms with van der Waals surface area (Å²) in [5, 5.41) is 8.36. The van der Waals surface area contributed by atoms with Gasteiger partial charge in [0.25, 0.3) is 0 Å². The van der Waals surface area contributed by atoms with Crippen LogP contribution in [0.1, 0.15) is 38.5 Å². The predicted octanol–water partition coefficient (Wildman–Crippen LogP) is 1.39. The van der Waals surface area contributed by atoms with Crippen LogP contribution in [0.2, 0.25) is 0 Å². The van der Waals surface area contributed by atoms with E-state index in [4.69, 9.17) is 14.6 Å². The van der Waals surface area contributed by atoms with E-state index in [0.29, 0.717) is 24.7 Å². The maximum absolute atomic E-state index is 11.7. The van der Waals surface area contributed by atoms with E-state index in [2.05, 4.69) is 0 Å². The number of hydrogen-bond acceptors (Lipinski definition) is 5. The van der Waals surface area contributed by atoms with Gasteiger partial charge in [0.2, 0.25) is 0 Å². The molecule has 0 saturated carbocycles. The van der Waals surface area contributed by atoms with Crippen LogP contribution in [0, 0.1) is 0 Å². The highest BCUT2D eigenvalue weighted by Gasteiger charge is 2.01. The Balaban J connectivity index is 3.20. The monoisotopic (exact) mass is 322 g/mol. The van der Waals surface area contributed by atoms with Gasteiger partial charge in [-0.15, -0.1) is 0 Å². The van der Waals surface area contributed by atoms with E-state index in [9.17, 15) is 13.8 Å². The fourth-order valence-corrected chi connectivity index (χ4v) is 2.94. The zero-order valence-corrected chi connectivity index (χ0v) is 13.3. The molecule has 0 aromatic rings. The number of carbonyl (C=O) groups is 2. The molecule has 21 heavy (non-hydrogen) atoms. The van der Waals surface area contributed by atoms with Crippen LogP contribution in [0.25, 0.3) is 0 Å². The summed E-state index contributed by atoms with van der Waals surface area (Å²) in [5.74, 6) is 0.455. The molecule has 0 radical (unpaired) electrons. The molecule has 0 aromatic heterocycles. The van der Waals surface area contributed by atoms with Crippen LogP contribution in [-0.2, 0) is 29.9 Å². The molecule has 0 bridgehead atoms. The van der Waals surface area contributed by atoms with E-state index < -0.39 is 16.8 Å². The molecule has 1 N–H and O–H groups in total. The number of aliphatic carboxylic acids is 1. The van der Waals surface area contributed by atoms with Crippen molar-refractivity contribution in [1.29, 1.82) is 0 Å². The summed E-state index contributed by atoms with van der Waals surface area (Å²) >= 11 is 0. The van der Waals surface area contributed by atoms with Gasteiger partial charge in [0.1, 0.15) is 19.5 Å². The molecule has 0 rings (SSSR count). The Hall–Kier alpha value is -0.790. The normalized spacial score (nSPS) is 12.2. The van der Waals surface area contributed by atoms with Gasteiger partial charge >= 0.3 is 5.97 Å². The molecule has 7 heteroatoms. The Bertz CT molecular complexity index is 295. The van der Waals surface area contributed by atoms with E-state index in [-0.39, 0.29) is 13.2 Å². The zero-order chi connectivity index (χ0) is 15.8. The largest absolute Gasteiger partial charge is 0.480 e. The van der Waals surface area contributed by atoms with Crippen molar-refractivity contribution in [2.45, 2.75) is 38.5 Å². The Labute approximate surface area is 128 Å². The summed E-state index contributed by atoms with van der Waals surface area (Å²) < 4.78 is 21.6. The second-order valence-corrected chi connectivity index (χ2v) is 6.35. The molecule has 0 aliphatic heterocycles. The number of hydrogen-bond donors (Lipinski definition) is 1. The fourth-order valence-electron chi connectivity index (χ4n) is 1.68. The molecule has 0 aromatic carbocycles. The van der Waals surface area contributed by atoms with E-state index in [0.717, 1.165) is 44.8 Å². The summed E-state index contributed by atoms with van der Waals surface area (Å²) in [6.45, 7) is 0.937. The zero-order valence-electron chi connectivity index (χ0n) is 12.5. The van der Waals surface area contributed by atoms with Crippen LogP contribution in [0.15, 0.2) is 0 Å². The van der Waals surface area contributed by atoms with E-state index >= 15 is 0 Å². The van der Waals surface area contributed by atoms with Crippen LogP contribution in [-0.4, -0.2) is 59.5 Å². The van der Waals surface area contributed by atoms with Crippen molar-refractivity contribution in [3.05, 3.63) is 0 Å². The first-order chi connectivity index (χ1) is 10.2. The van der Waals surface area contributed by atoms with Crippen LogP contribution >= 0.6 is 0 Å². The molecule has 124 valence electrons. The van der Waals surface area contributed by atoms with Crippen molar-refractivity contribution in [2.24, 2.45) is 0 Å². The van der Waals surface area contributed by atoms with Gasteiger partial charge < -0.3 is 19.4 Å². The van der Waals surface area contributed by atoms with E-state index in [1.54, 1.807) is 0 Å². The topological polar surface area (TPSA) is 89.9 Å². The van der Waals surface area contributed by atoms with Crippen LogP contribution in [0.3, 0.4) is 0 Å². The summed E-state index contributed by atoms with van der Waals surface area (Å²) in [6, 6.07) is 0. The average molecular weight is 322 g/mol. The molecule has 0 spiro atoms. The van der Waals surface area contributed by atoms with Crippen molar-refractivity contribution in [1.82, 2.24) is 0 Å². The lowest BCUT2D eigenvalue weighted by molar-refractivity contribution is -0.142. The molecule has 1 unspecified atom stereocenters. The standard InChI is InChI=1S/C14H26O6S/c15-7-10-19-8-3-1-5-11-21(18)12-6-2-4-9-20-13-14(16)17/h7H,1-6,8-13H2,(H,16,17). The number of ether oxygens (including phenoxy) is 2. The highest BCUT2D eigenvalue weighted by atomic mass is 32.2.